The van der Waals surface area contributed by atoms with Gasteiger partial charge in [0.15, 0.2) is 11.5 Å². The molecule has 3 aromatic carbocycles. The monoisotopic (exact) mass is 517 g/mol. The molecule has 1 fully saturated rings. The molecule has 1 aliphatic heterocycles. The number of rotatable bonds is 7. The summed E-state index contributed by atoms with van der Waals surface area (Å²) >= 11 is 13.0. The molecule has 9 heteroatoms. The van der Waals surface area contributed by atoms with E-state index in [9.17, 15) is 14.0 Å². The van der Waals surface area contributed by atoms with Crippen LogP contribution in [0.2, 0.25) is 10.0 Å². The Balaban J connectivity index is 1.59. The highest BCUT2D eigenvalue weighted by atomic mass is 35.5. The molecule has 0 radical (unpaired) electrons. The lowest BCUT2D eigenvalue weighted by Gasteiger charge is -2.15. The molecule has 174 valence electrons. The van der Waals surface area contributed by atoms with Gasteiger partial charge >= 0.3 is 0 Å². The van der Waals surface area contributed by atoms with Crippen molar-refractivity contribution in [3.63, 3.8) is 0 Å². The molecular formula is C25H18Cl2FNO4S. The van der Waals surface area contributed by atoms with Crippen molar-refractivity contribution < 1.29 is 23.5 Å². The molecule has 0 aromatic heterocycles. The average Bonchev–Trinajstić information content (AvgIpc) is 3.07. The molecule has 0 spiro atoms. The van der Waals surface area contributed by atoms with E-state index in [1.807, 2.05) is 0 Å². The molecule has 5 nitrogen and oxygen atoms in total. The van der Waals surface area contributed by atoms with Gasteiger partial charge in [0.25, 0.3) is 11.1 Å². The highest BCUT2D eigenvalue weighted by Crippen LogP contribution is 2.38. The van der Waals surface area contributed by atoms with Crippen molar-refractivity contribution in [2.45, 2.75) is 13.2 Å². The third kappa shape index (κ3) is 5.38. The lowest BCUT2D eigenvalue weighted by atomic mass is 10.1. The summed E-state index contributed by atoms with van der Waals surface area (Å²) in [6, 6.07) is 16.0. The van der Waals surface area contributed by atoms with Crippen LogP contribution in [0.4, 0.5) is 9.18 Å². The summed E-state index contributed by atoms with van der Waals surface area (Å²) in [4.78, 5) is 26.8. The Hall–Kier alpha value is -3.00. The largest absolute Gasteiger partial charge is 0.493 e. The van der Waals surface area contributed by atoms with Crippen molar-refractivity contribution in [3.05, 3.63) is 98.1 Å². The van der Waals surface area contributed by atoms with E-state index >= 15 is 0 Å². The van der Waals surface area contributed by atoms with E-state index in [4.69, 9.17) is 32.7 Å². The number of hydrogen-bond acceptors (Lipinski definition) is 5. The maximum absolute atomic E-state index is 13.2. The van der Waals surface area contributed by atoms with Gasteiger partial charge in [0.1, 0.15) is 12.4 Å². The number of methoxy groups -OCH3 is 1. The third-order valence-electron chi connectivity index (χ3n) is 5.03. The lowest BCUT2D eigenvalue weighted by molar-refractivity contribution is -0.123. The van der Waals surface area contributed by atoms with Gasteiger partial charge in [-0.2, -0.15) is 0 Å². The van der Waals surface area contributed by atoms with E-state index in [0.717, 1.165) is 22.2 Å². The van der Waals surface area contributed by atoms with Crippen LogP contribution >= 0.6 is 35.0 Å². The number of benzene rings is 3. The number of amides is 2. The zero-order valence-electron chi connectivity index (χ0n) is 17.9. The zero-order chi connectivity index (χ0) is 24.2. The van der Waals surface area contributed by atoms with Crippen LogP contribution in [-0.2, 0) is 17.9 Å². The first-order valence-corrected chi connectivity index (χ1v) is 11.7. The van der Waals surface area contributed by atoms with E-state index < -0.39 is 11.1 Å². The number of carbonyl (C=O) groups excluding carboxylic acids is 2. The van der Waals surface area contributed by atoms with Crippen LogP contribution in [0.5, 0.6) is 11.5 Å². The quantitative estimate of drug-likeness (QED) is 0.317. The highest BCUT2D eigenvalue weighted by molar-refractivity contribution is 8.18. The van der Waals surface area contributed by atoms with Crippen LogP contribution in [0.1, 0.15) is 16.7 Å². The summed E-state index contributed by atoms with van der Waals surface area (Å²) < 4.78 is 24.6. The maximum atomic E-state index is 13.2. The van der Waals surface area contributed by atoms with E-state index in [2.05, 4.69) is 0 Å². The maximum Gasteiger partial charge on any atom is 0.293 e. The molecule has 0 bridgehead atoms. The zero-order valence-corrected chi connectivity index (χ0v) is 20.2. The van der Waals surface area contributed by atoms with Crippen LogP contribution in [0, 0.1) is 5.82 Å². The fraction of sp³-hybridized carbons (Fsp3) is 0.120. The number of thioether (sulfide) groups is 1. The Morgan fingerprint density at radius 1 is 1.06 bits per heavy atom. The minimum absolute atomic E-state index is 0.0544. The molecule has 3 aromatic rings. The molecule has 1 saturated heterocycles. The second-order valence-electron chi connectivity index (χ2n) is 7.30. The number of carbonyl (C=O) groups is 2. The van der Waals surface area contributed by atoms with Crippen molar-refractivity contribution in [1.29, 1.82) is 0 Å². The van der Waals surface area contributed by atoms with Gasteiger partial charge in [-0.3, -0.25) is 14.5 Å². The molecule has 2 amide bonds. The summed E-state index contributed by atoms with van der Waals surface area (Å²) in [6.45, 7) is 0.197. The minimum Gasteiger partial charge on any atom is -0.493 e. The van der Waals surface area contributed by atoms with Gasteiger partial charge in [0.2, 0.25) is 0 Å². The number of ether oxygens (including phenoxy) is 2. The van der Waals surface area contributed by atoms with E-state index in [1.165, 1.54) is 31.4 Å². The first-order valence-electron chi connectivity index (χ1n) is 10.1. The highest BCUT2D eigenvalue weighted by Gasteiger charge is 2.35. The Morgan fingerprint density at radius 2 is 1.82 bits per heavy atom. The van der Waals surface area contributed by atoms with Gasteiger partial charge in [-0.05, 0) is 53.7 Å². The predicted octanol–water partition coefficient (Wildman–Crippen LogP) is 6.96. The SMILES string of the molecule is COc1cccc(/C=C2\SC(=O)N(Cc3ccc(F)cc3)C2=O)c1OCc1ccc(Cl)cc1Cl. The van der Waals surface area contributed by atoms with Gasteiger partial charge in [0, 0.05) is 21.2 Å². The van der Waals surface area contributed by atoms with Crippen LogP contribution in [0.3, 0.4) is 0 Å². The molecule has 34 heavy (non-hydrogen) atoms. The molecule has 1 heterocycles. The van der Waals surface area contributed by atoms with E-state index in [1.54, 1.807) is 42.5 Å². The Kier molecular flexibility index (Phi) is 7.46. The Bertz CT molecular complexity index is 1280. The summed E-state index contributed by atoms with van der Waals surface area (Å²) in [5, 5.41) is 0.577. The normalized spacial score (nSPS) is 14.7. The standard InChI is InChI=1S/C25H18Cl2FNO4S/c1-32-21-4-2-3-16(23(21)33-14-17-7-8-18(26)12-20(17)27)11-22-24(30)29(25(31)34-22)13-15-5-9-19(28)10-6-15/h2-12H,13-14H2,1H3/b22-11-. The van der Waals surface area contributed by atoms with Gasteiger partial charge in [-0.15, -0.1) is 0 Å². The Labute approximate surface area is 210 Å². The van der Waals surface area contributed by atoms with Gasteiger partial charge in [0.05, 0.1) is 18.6 Å². The molecular weight excluding hydrogens is 500 g/mol. The molecule has 0 aliphatic carbocycles. The second kappa shape index (κ2) is 10.5. The van der Waals surface area contributed by atoms with Crippen molar-refractivity contribution >= 4 is 52.2 Å². The molecule has 1 aliphatic rings. The molecule has 0 unspecified atom stereocenters. The number of nitrogens with zero attached hydrogens (tertiary/aromatic N) is 1. The molecule has 0 atom stereocenters. The fourth-order valence-corrected chi connectivity index (χ4v) is 4.59. The van der Waals surface area contributed by atoms with E-state index in [-0.39, 0.29) is 23.9 Å². The number of hydrogen-bond donors (Lipinski definition) is 0. The first kappa shape index (κ1) is 24.1. The topological polar surface area (TPSA) is 55.8 Å². The summed E-state index contributed by atoms with van der Waals surface area (Å²) in [5.41, 5.74) is 1.94. The molecule has 0 saturated carbocycles. The lowest BCUT2D eigenvalue weighted by Crippen LogP contribution is -2.27. The van der Waals surface area contributed by atoms with Crippen LogP contribution < -0.4 is 9.47 Å². The van der Waals surface area contributed by atoms with Crippen molar-refractivity contribution in [2.75, 3.05) is 7.11 Å². The van der Waals surface area contributed by atoms with Crippen LogP contribution in [-0.4, -0.2) is 23.2 Å². The molecule has 4 rings (SSSR count). The number of halogens is 3. The molecule has 0 N–H and O–H groups in total. The smallest absolute Gasteiger partial charge is 0.293 e. The fourth-order valence-electron chi connectivity index (χ4n) is 3.30. The summed E-state index contributed by atoms with van der Waals surface area (Å²) in [5.74, 6) is 0.0443. The van der Waals surface area contributed by atoms with Gasteiger partial charge in [-0.1, -0.05) is 53.5 Å². The summed E-state index contributed by atoms with van der Waals surface area (Å²) in [7, 11) is 1.51. The van der Waals surface area contributed by atoms with Gasteiger partial charge in [-0.25, -0.2) is 4.39 Å². The first-order chi connectivity index (χ1) is 16.4. The average molecular weight is 518 g/mol. The number of imide groups is 1. The third-order valence-corrected chi connectivity index (χ3v) is 6.52. The minimum atomic E-state index is -0.436. The number of para-hydroxylation sites is 1. The van der Waals surface area contributed by atoms with Crippen molar-refractivity contribution in [2.24, 2.45) is 0 Å². The summed E-state index contributed by atoms with van der Waals surface area (Å²) in [6.07, 6.45) is 1.59. The van der Waals surface area contributed by atoms with Gasteiger partial charge < -0.3 is 9.47 Å². The predicted molar refractivity (Wildman–Crippen MR) is 132 cm³/mol. The van der Waals surface area contributed by atoms with Crippen molar-refractivity contribution in [1.82, 2.24) is 4.90 Å². The van der Waals surface area contributed by atoms with Crippen molar-refractivity contribution in [3.8, 4) is 11.5 Å². The van der Waals surface area contributed by atoms with Crippen LogP contribution in [0.25, 0.3) is 6.08 Å². The Morgan fingerprint density at radius 3 is 2.53 bits per heavy atom. The van der Waals surface area contributed by atoms with Crippen LogP contribution in [0.15, 0.2) is 65.6 Å². The second-order valence-corrected chi connectivity index (χ2v) is 9.13. The van der Waals surface area contributed by atoms with E-state index in [0.29, 0.717) is 32.7 Å².